The molecular weight excluding hydrogens is 262 g/mol. The highest BCUT2D eigenvalue weighted by atomic mass is 32.2. The molecule has 6 nitrogen and oxygen atoms in total. The van der Waals surface area contributed by atoms with Gasteiger partial charge in [-0.3, -0.25) is 9.88 Å². The molecule has 0 aliphatic heterocycles. The molecule has 1 atom stereocenters. The predicted molar refractivity (Wildman–Crippen MR) is 76.2 cm³/mol. The lowest BCUT2D eigenvalue weighted by Gasteiger charge is -2.25. The van der Waals surface area contributed by atoms with Crippen LogP contribution in [0, 0.1) is 11.3 Å². The van der Waals surface area contributed by atoms with Crippen molar-refractivity contribution >= 4 is 11.8 Å². The lowest BCUT2D eigenvalue weighted by molar-refractivity contribution is 0.442. The smallest absolute Gasteiger partial charge is 0.297 e. The third kappa shape index (κ3) is 4.40. The van der Waals surface area contributed by atoms with Gasteiger partial charge in [0.25, 0.3) is 0 Å². The van der Waals surface area contributed by atoms with E-state index in [-0.39, 0.29) is 11.7 Å². The van der Waals surface area contributed by atoms with E-state index in [1.54, 1.807) is 4.57 Å². The lowest BCUT2D eigenvalue weighted by atomic mass is 10.1. The molecular formula is C12H21N5OS. The van der Waals surface area contributed by atoms with Crippen molar-refractivity contribution in [2.75, 3.05) is 5.75 Å². The van der Waals surface area contributed by atoms with E-state index in [4.69, 9.17) is 0 Å². The molecule has 0 aliphatic carbocycles. The summed E-state index contributed by atoms with van der Waals surface area (Å²) >= 11 is 1.42. The van der Waals surface area contributed by atoms with E-state index < -0.39 is 5.54 Å². The Morgan fingerprint density at radius 1 is 1.63 bits per heavy atom. The van der Waals surface area contributed by atoms with E-state index in [0.29, 0.717) is 17.5 Å². The highest BCUT2D eigenvalue weighted by Crippen LogP contribution is 2.20. The minimum Gasteiger partial charge on any atom is -0.297 e. The Hall–Kier alpha value is -1.26. The number of aromatic nitrogens is 3. The van der Waals surface area contributed by atoms with Crippen LogP contribution in [0.4, 0.5) is 0 Å². The summed E-state index contributed by atoms with van der Waals surface area (Å²) < 4.78 is 1.61. The third-order valence-corrected chi connectivity index (χ3v) is 3.81. The molecule has 0 aromatic carbocycles. The van der Waals surface area contributed by atoms with Gasteiger partial charge in [0.05, 0.1) is 6.07 Å². The summed E-state index contributed by atoms with van der Waals surface area (Å²) in [7, 11) is 0. The first kappa shape index (κ1) is 15.8. The van der Waals surface area contributed by atoms with Gasteiger partial charge >= 0.3 is 5.69 Å². The molecule has 0 fully saturated rings. The molecule has 1 aromatic heterocycles. The van der Waals surface area contributed by atoms with Gasteiger partial charge in [0.1, 0.15) is 5.54 Å². The number of H-pyrrole nitrogens is 1. The summed E-state index contributed by atoms with van der Waals surface area (Å²) in [4.78, 5) is 11.6. The molecule has 0 saturated heterocycles. The molecule has 106 valence electrons. The zero-order valence-corrected chi connectivity index (χ0v) is 12.7. The predicted octanol–water partition coefficient (Wildman–Crippen LogP) is 1.35. The van der Waals surface area contributed by atoms with E-state index in [1.165, 1.54) is 11.8 Å². The average Bonchev–Trinajstić information content (AvgIpc) is 2.68. The Kier molecular flexibility index (Phi) is 5.63. The second kappa shape index (κ2) is 6.78. The van der Waals surface area contributed by atoms with Crippen molar-refractivity contribution in [3.8, 4) is 6.07 Å². The van der Waals surface area contributed by atoms with Crippen LogP contribution < -0.4 is 11.0 Å². The van der Waals surface area contributed by atoms with Gasteiger partial charge in [-0.25, -0.2) is 9.89 Å². The van der Waals surface area contributed by atoms with Crippen molar-refractivity contribution in [1.82, 2.24) is 20.1 Å². The number of hydrogen-bond donors (Lipinski definition) is 2. The molecule has 0 bridgehead atoms. The monoisotopic (exact) mass is 283 g/mol. The molecule has 1 rings (SSSR count). The molecule has 7 heteroatoms. The standard InChI is InChI=1S/C12H21N5OS/c1-5-6-17-10(18)15-16-11(17)19-8-12(4,7-13)14-9(2)3/h9,14H,5-6,8H2,1-4H3,(H,15,18). The molecule has 0 saturated carbocycles. The maximum Gasteiger partial charge on any atom is 0.343 e. The van der Waals surface area contributed by atoms with Crippen LogP contribution in [-0.2, 0) is 6.54 Å². The van der Waals surface area contributed by atoms with Gasteiger partial charge in [-0.2, -0.15) is 5.26 Å². The fourth-order valence-electron chi connectivity index (χ4n) is 1.79. The first-order valence-electron chi connectivity index (χ1n) is 6.39. The van der Waals surface area contributed by atoms with Gasteiger partial charge in [-0.1, -0.05) is 18.7 Å². The van der Waals surface area contributed by atoms with Crippen molar-refractivity contribution in [2.24, 2.45) is 0 Å². The highest BCUT2D eigenvalue weighted by molar-refractivity contribution is 7.99. The van der Waals surface area contributed by atoms with E-state index in [2.05, 4.69) is 21.6 Å². The SMILES string of the molecule is CCCn1c(SCC(C)(C#N)NC(C)C)n[nH]c1=O. The second-order valence-electron chi connectivity index (χ2n) is 4.99. The maximum absolute atomic E-state index is 11.6. The van der Waals surface area contributed by atoms with Gasteiger partial charge in [0, 0.05) is 18.3 Å². The number of nitriles is 1. The maximum atomic E-state index is 11.6. The summed E-state index contributed by atoms with van der Waals surface area (Å²) in [5.41, 5.74) is -0.829. The molecule has 19 heavy (non-hydrogen) atoms. The van der Waals surface area contributed by atoms with Crippen LogP contribution in [-0.4, -0.2) is 32.1 Å². The zero-order chi connectivity index (χ0) is 14.5. The van der Waals surface area contributed by atoms with Crippen molar-refractivity contribution in [3.63, 3.8) is 0 Å². The van der Waals surface area contributed by atoms with Crippen molar-refractivity contribution < 1.29 is 0 Å². The number of hydrogen-bond acceptors (Lipinski definition) is 5. The third-order valence-electron chi connectivity index (χ3n) is 2.51. The number of rotatable bonds is 7. The fraction of sp³-hybridized carbons (Fsp3) is 0.750. The van der Waals surface area contributed by atoms with Crippen LogP contribution in [0.1, 0.15) is 34.1 Å². The average molecular weight is 283 g/mol. The Balaban J connectivity index is 2.76. The second-order valence-corrected chi connectivity index (χ2v) is 5.94. The Bertz CT molecular complexity index is 501. The first-order chi connectivity index (χ1) is 8.91. The minimum atomic E-state index is -0.634. The van der Waals surface area contributed by atoms with E-state index in [1.807, 2.05) is 27.7 Å². The summed E-state index contributed by atoms with van der Waals surface area (Å²) in [6, 6.07) is 2.51. The molecule has 2 N–H and O–H groups in total. The van der Waals surface area contributed by atoms with Crippen LogP contribution in [0.3, 0.4) is 0 Å². The topological polar surface area (TPSA) is 86.5 Å². The highest BCUT2D eigenvalue weighted by Gasteiger charge is 2.25. The molecule has 0 aliphatic rings. The zero-order valence-electron chi connectivity index (χ0n) is 11.9. The van der Waals surface area contributed by atoms with E-state index >= 15 is 0 Å². The molecule has 1 unspecified atom stereocenters. The number of aromatic amines is 1. The van der Waals surface area contributed by atoms with Gasteiger partial charge in [0.2, 0.25) is 0 Å². The van der Waals surface area contributed by atoms with Crippen molar-refractivity contribution in [1.29, 1.82) is 5.26 Å². The fourth-order valence-corrected chi connectivity index (χ4v) is 2.79. The van der Waals surface area contributed by atoms with Crippen LogP contribution >= 0.6 is 11.8 Å². The van der Waals surface area contributed by atoms with Crippen LogP contribution in [0.15, 0.2) is 9.95 Å². The molecule has 0 radical (unpaired) electrons. The number of nitrogens with zero attached hydrogens (tertiary/aromatic N) is 3. The normalized spacial score (nSPS) is 14.3. The van der Waals surface area contributed by atoms with Crippen molar-refractivity contribution in [3.05, 3.63) is 10.5 Å². The molecule has 0 amide bonds. The Labute approximate surface area is 117 Å². The quantitative estimate of drug-likeness (QED) is 0.738. The first-order valence-corrected chi connectivity index (χ1v) is 7.37. The van der Waals surface area contributed by atoms with Gasteiger partial charge in [-0.15, -0.1) is 5.10 Å². The summed E-state index contributed by atoms with van der Waals surface area (Å²) in [6.45, 7) is 8.50. The Morgan fingerprint density at radius 3 is 2.84 bits per heavy atom. The van der Waals surface area contributed by atoms with Crippen LogP contribution in [0.5, 0.6) is 0 Å². The van der Waals surface area contributed by atoms with Gasteiger partial charge in [0.15, 0.2) is 5.16 Å². The summed E-state index contributed by atoms with van der Waals surface area (Å²) in [6.07, 6.45) is 0.868. The number of nitrogens with one attached hydrogen (secondary N) is 2. The Morgan fingerprint density at radius 2 is 2.32 bits per heavy atom. The van der Waals surface area contributed by atoms with Crippen LogP contribution in [0.25, 0.3) is 0 Å². The minimum absolute atomic E-state index is 0.195. The summed E-state index contributed by atoms with van der Waals surface area (Å²) in [5, 5.41) is 19.6. The van der Waals surface area contributed by atoms with Gasteiger partial charge < -0.3 is 0 Å². The summed E-state index contributed by atoms with van der Waals surface area (Å²) in [5.74, 6) is 0.537. The van der Waals surface area contributed by atoms with Crippen LogP contribution in [0.2, 0.25) is 0 Å². The number of thioether (sulfide) groups is 1. The molecule has 1 heterocycles. The van der Waals surface area contributed by atoms with Gasteiger partial charge in [-0.05, 0) is 27.2 Å². The lowest BCUT2D eigenvalue weighted by Crippen LogP contribution is -2.47. The van der Waals surface area contributed by atoms with Crippen molar-refractivity contribution in [2.45, 2.75) is 57.4 Å². The molecule has 1 aromatic rings. The molecule has 0 spiro atoms. The van der Waals surface area contributed by atoms with E-state index in [9.17, 15) is 10.1 Å². The largest absolute Gasteiger partial charge is 0.343 e. The van der Waals surface area contributed by atoms with E-state index in [0.717, 1.165) is 6.42 Å².